The van der Waals surface area contributed by atoms with Gasteiger partial charge >= 0.3 is 12.2 Å². The summed E-state index contributed by atoms with van der Waals surface area (Å²) in [6, 6.07) is 4.79. The quantitative estimate of drug-likeness (QED) is 0.0275. The number of carbonyl (C=O) groups is 13. The number of nitrogens with one attached hydrogen (secondary N) is 13. The van der Waals surface area contributed by atoms with Crippen LogP contribution in [0.2, 0.25) is 0 Å². The highest BCUT2D eigenvalue weighted by Gasteiger charge is 2.27. The first-order valence-electron chi connectivity index (χ1n) is 41.4. The van der Waals surface area contributed by atoms with Crippen LogP contribution in [-0.2, 0) is 107 Å². The van der Waals surface area contributed by atoms with E-state index >= 15 is 0 Å². The van der Waals surface area contributed by atoms with Crippen molar-refractivity contribution in [3.8, 4) is 5.75 Å². The highest BCUT2D eigenvalue weighted by atomic mass is 16.6. The van der Waals surface area contributed by atoms with Gasteiger partial charge in [0.05, 0.1) is 158 Å². The molecular weight excluding hydrogens is 1580 g/mol. The maximum atomic E-state index is 13.7. The van der Waals surface area contributed by atoms with Crippen LogP contribution in [0.1, 0.15) is 95.1 Å². The zero-order chi connectivity index (χ0) is 89.7. The third kappa shape index (κ3) is 62.9. The van der Waals surface area contributed by atoms with Crippen molar-refractivity contribution in [1.82, 2.24) is 88.7 Å². The average molecular weight is 1730 g/mol. The minimum atomic E-state index is -1.15. The zero-order valence-corrected chi connectivity index (χ0v) is 73.4. The Morgan fingerprint density at radius 1 is 0.347 bits per heavy atom. The van der Waals surface area contributed by atoms with Crippen LogP contribution < -0.4 is 79.6 Å². The second-order valence-corrected chi connectivity index (χ2v) is 31.5. The average Bonchev–Trinajstić information content (AvgIpc) is 0.852. The predicted octanol–water partition coefficient (Wildman–Crippen LogP) is -4.15. The summed E-state index contributed by atoms with van der Waals surface area (Å²) in [7, 11) is 0. The minimum absolute atomic E-state index is 0.000852. The highest BCUT2D eigenvalue weighted by molar-refractivity contribution is 5.94. The van der Waals surface area contributed by atoms with E-state index in [-0.39, 0.29) is 207 Å². The lowest BCUT2D eigenvalue weighted by Gasteiger charge is -2.33. The minimum Gasteiger partial charge on any atom is -0.488 e. The standard InChI is InChI=1S/C79H142N18O24/c1-59(2)49-63(92-68(102)54-90-65(99)51-89-66(100)52-91-74(108)64(93-67(101)53-88-60(3)98)50-61-13-15-62(16-14-61)119-77(4,5)6)73(107)85-22-38-116-46-43-113-35-19-82-70(104)56-95-27-25-94(55-69(103)81-18-34-112-42-41-111-33-17-80)26-28-96(57-71(105)83-20-36-114-44-47-117-39-23-86-75(109)120-78(7,8)9)31-32-97(30-29-95)58-72(106)84-21-37-115-45-48-118-40-24-87-76(110)121-79(10,11)12/h13-16,59,63-64H,17-58,80H2,1-12H3,(H,81,103)(H,82,104)(H,83,105)(H,84,106)(H,85,107)(H,86,109)(H,87,110)(H,88,98)(H,89,100)(H,90,99)(H,91,108)(H,92,102)(H,93,101)/t63-,64-/m0/s1. The molecule has 692 valence electrons. The molecule has 0 bridgehead atoms. The number of ether oxygens (including phenoxy) is 11. The molecule has 1 saturated heterocycles. The van der Waals surface area contributed by atoms with Crippen LogP contribution >= 0.6 is 0 Å². The molecule has 1 aromatic carbocycles. The monoisotopic (exact) mass is 1730 g/mol. The summed E-state index contributed by atoms with van der Waals surface area (Å²) in [5, 5.41) is 34.4. The van der Waals surface area contributed by atoms with E-state index in [9.17, 15) is 62.3 Å². The Labute approximate surface area is 712 Å². The van der Waals surface area contributed by atoms with Gasteiger partial charge in [-0.15, -0.1) is 0 Å². The second kappa shape index (κ2) is 64.1. The van der Waals surface area contributed by atoms with Crippen molar-refractivity contribution in [2.45, 2.75) is 125 Å². The van der Waals surface area contributed by atoms with E-state index in [4.69, 9.17) is 57.8 Å². The Balaban J connectivity index is 1.99. The molecule has 15 N–H and O–H groups in total. The van der Waals surface area contributed by atoms with Crippen LogP contribution in [0.15, 0.2) is 24.3 Å². The molecule has 0 saturated carbocycles. The van der Waals surface area contributed by atoms with Crippen LogP contribution in [0.4, 0.5) is 9.59 Å². The molecule has 121 heavy (non-hydrogen) atoms. The van der Waals surface area contributed by atoms with Crippen LogP contribution in [-0.4, -0.2) is 388 Å². The molecule has 13 amide bonds. The number of hydrogen-bond acceptors (Lipinski definition) is 29. The number of alkyl carbamates (subject to hydrolysis) is 2. The second-order valence-electron chi connectivity index (χ2n) is 31.5. The summed E-state index contributed by atoms with van der Waals surface area (Å²) in [6.45, 7) is 27.7. The maximum absolute atomic E-state index is 13.7. The summed E-state index contributed by atoms with van der Waals surface area (Å²) in [5.41, 5.74) is 4.46. The van der Waals surface area contributed by atoms with Gasteiger partial charge in [-0.3, -0.25) is 72.3 Å². The summed E-state index contributed by atoms with van der Waals surface area (Å²) in [6.07, 6.45) is -0.791. The number of benzene rings is 1. The van der Waals surface area contributed by atoms with Gasteiger partial charge in [-0.25, -0.2) is 9.59 Å². The number of hydrogen-bond donors (Lipinski definition) is 14. The molecule has 0 aromatic heterocycles. The molecule has 2 rings (SSSR count). The maximum Gasteiger partial charge on any atom is 0.407 e. The first-order valence-corrected chi connectivity index (χ1v) is 41.4. The van der Waals surface area contributed by atoms with Gasteiger partial charge in [0.25, 0.3) is 0 Å². The van der Waals surface area contributed by atoms with E-state index in [1.165, 1.54) is 6.92 Å². The first-order chi connectivity index (χ1) is 57.5. The molecule has 1 aromatic rings. The lowest BCUT2D eigenvalue weighted by molar-refractivity contribution is -0.131. The van der Waals surface area contributed by atoms with Crippen molar-refractivity contribution < 1.29 is 114 Å². The van der Waals surface area contributed by atoms with E-state index < -0.39 is 102 Å². The van der Waals surface area contributed by atoms with E-state index in [1.54, 1.807) is 65.8 Å². The molecule has 1 fully saturated rings. The SMILES string of the molecule is CC(=O)NCC(=O)N[C@@H](Cc1ccc(OC(C)(C)C)cc1)C(=O)NCC(=O)NCC(=O)NCC(=O)N[C@@H](CC(C)C)C(=O)NCCOCCOCCNC(=O)CN1CCN(CC(=O)NCCOCCOCCN)CCN(CC(=O)NCCOCCOCCNC(=O)OC(C)(C)C)CCN(CC(=O)NCCOCCOCCNC(=O)OC(C)(C)C)CC1. The van der Waals surface area contributed by atoms with Crippen molar-refractivity contribution in [2.24, 2.45) is 11.7 Å². The molecule has 42 heteroatoms. The normalized spacial score (nSPS) is 13.9. The fourth-order valence-corrected chi connectivity index (χ4v) is 10.8. The topological polar surface area (TPSA) is 519 Å². The number of amides is 13. The Bertz CT molecular complexity index is 3180. The zero-order valence-electron chi connectivity index (χ0n) is 73.4. The van der Waals surface area contributed by atoms with Crippen molar-refractivity contribution >= 4 is 77.2 Å². The molecule has 42 nitrogen and oxygen atoms in total. The molecule has 1 aliphatic heterocycles. The van der Waals surface area contributed by atoms with Crippen LogP contribution in [0.5, 0.6) is 5.75 Å². The third-order valence-electron chi connectivity index (χ3n) is 16.4. The number of carbonyl (C=O) groups excluding carboxylic acids is 13. The van der Waals surface area contributed by atoms with Gasteiger partial charge in [-0.1, -0.05) is 26.0 Å². The fourth-order valence-electron chi connectivity index (χ4n) is 10.8. The molecule has 1 aliphatic rings. The largest absolute Gasteiger partial charge is 0.488 e. The van der Waals surface area contributed by atoms with Crippen molar-refractivity contribution in [3.63, 3.8) is 0 Å². The van der Waals surface area contributed by atoms with E-state index in [0.29, 0.717) is 90.0 Å². The molecule has 0 aliphatic carbocycles. The molecule has 1 heterocycles. The number of nitrogens with zero attached hydrogens (tertiary/aromatic N) is 4. The summed E-state index contributed by atoms with van der Waals surface area (Å²) < 4.78 is 61.1. The van der Waals surface area contributed by atoms with Crippen molar-refractivity contribution in [1.29, 1.82) is 0 Å². The van der Waals surface area contributed by atoms with Gasteiger partial charge in [0, 0.05) is 118 Å². The van der Waals surface area contributed by atoms with Gasteiger partial charge < -0.3 is 127 Å². The molecule has 2 atom stereocenters. The van der Waals surface area contributed by atoms with Gasteiger partial charge in [0.15, 0.2) is 0 Å². The van der Waals surface area contributed by atoms with Crippen LogP contribution in [0.25, 0.3) is 0 Å². The Kier molecular flexibility index (Phi) is 57.3. The van der Waals surface area contributed by atoms with Crippen LogP contribution in [0.3, 0.4) is 0 Å². The van der Waals surface area contributed by atoms with Crippen molar-refractivity contribution in [3.05, 3.63) is 29.8 Å². The molecule has 0 unspecified atom stereocenters. The molecule has 0 radical (unpaired) electrons. The number of nitrogens with two attached hydrogens (primary N) is 1. The van der Waals surface area contributed by atoms with Gasteiger partial charge in [-0.2, -0.15) is 0 Å². The molecular formula is C79H142N18O24. The molecule has 0 spiro atoms. The summed E-state index contributed by atoms with van der Waals surface area (Å²) in [5.74, 6) is -4.96. The van der Waals surface area contributed by atoms with E-state index in [0.717, 1.165) is 0 Å². The van der Waals surface area contributed by atoms with Gasteiger partial charge in [0.2, 0.25) is 65.0 Å². The summed E-state index contributed by atoms with van der Waals surface area (Å²) in [4.78, 5) is 175. The number of rotatable bonds is 60. The van der Waals surface area contributed by atoms with Crippen molar-refractivity contribution in [2.75, 3.05) is 263 Å². The van der Waals surface area contributed by atoms with Gasteiger partial charge in [0.1, 0.15) is 34.6 Å². The Morgan fingerprint density at radius 3 is 0.967 bits per heavy atom. The smallest absolute Gasteiger partial charge is 0.407 e. The Hall–Kier alpha value is -8.79. The highest BCUT2D eigenvalue weighted by Crippen LogP contribution is 2.20. The lowest BCUT2D eigenvalue weighted by Crippen LogP contribution is -2.52. The lowest BCUT2D eigenvalue weighted by atomic mass is 10.0. The fraction of sp³-hybridized carbons (Fsp3) is 0.759. The summed E-state index contributed by atoms with van der Waals surface area (Å²) >= 11 is 0. The Morgan fingerprint density at radius 2 is 0.645 bits per heavy atom. The van der Waals surface area contributed by atoms with E-state index in [2.05, 4.69) is 69.1 Å². The van der Waals surface area contributed by atoms with E-state index in [1.807, 2.05) is 54.2 Å². The van der Waals surface area contributed by atoms with Gasteiger partial charge in [-0.05, 0) is 92.3 Å². The predicted molar refractivity (Wildman–Crippen MR) is 446 cm³/mol. The van der Waals surface area contributed by atoms with Crippen LogP contribution in [0, 0.1) is 5.92 Å². The third-order valence-corrected chi connectivity index (χ3v) is 16.4. The first kappa shape index (κ1) is 108.